The molecule has 8 heteroatoms. The number of H-pyrrole nitrogens is 2. The molecule has 0 aliphatic heterocycles. The highest BCUT2D eigenvalue weighted by Crippen LogP contribution is 2.21. The van der Waals surface area contributed by atoms with E-state index in [2.05, 4.69) is 27.2 Å². The molecule has 0 aliphatic rings. The molecule has 1 aromatic carbocycles. The molecule has 0 spiro atoms. The fourth-order valence-electron chi connectivity index (χ4n) is 1.31. The van der Waals surface area contributed by atoms with Crippen LogP contribution in [-0.4, -0.2) is 21.3 Å². The number of nitrogens with zero attached hydrogens (tertiary/aromatic N) is 1. The van der Waals surface area contributed by atoms with E-state index in [-0.39, 0.29) is 15.4 Å². The number of aromatic hydroxyl groups is 1. The lowest BCUT2D eigenvalue weighted by Crippen LogP contribution is -2.13. The first kappa shape index (κ1) is 13.4. The Balaban J connectivity index is 2.40. The minimum absolute atomic E-state index is 0.00415. The molecule has 0 saturated heterocycles. The standard InChI is InChI=1S/C11H7ClFN3O2S/c12-7-3-5(1-2-8(7)13)14-4-6-9(17)15-11(19)16-10(6)18/h1-4H,(H3,15,16,17,18,19). The zero-order chi connectivity index (χ0) is 14.0. The summed E-state index contributed by atoms with van der Waals surface area (Å²) in [7, 11) is 0. The van der Waals surface area contributed by atoms with Gasteiger partial charge in [0.1, 0.15) is 11.4 Å². The summed E-state index contributed by atoms with van der Waals surface area (Å²) >= 11 is 10.3. The van der Waals surface area contributed by atoms with Gasteiger partial charge in [-0.15, -0.1) is 0 Å². The summed E-state index contributed by atoms with van der Waals surface area (Å²) in [6.45, 7) is 0. The summed E-state index contributed by atoms with van der Waals surface area (Å²) < 4.78 is 12.9. The molecule has 98 valence electrons. The second-order valence-corrected chi connectivity index (χ2v) is 4.34. The number of hydrogen-bond donors (Lipinski definition) is 3. The van der Waals surface area contributed by atoms with Gasteiger partial charge in [-0.3, -0.25) is 14.8 Å². The Hall–Kier alpha value is -1.99. The van der Waals surface area contributed by atoms with Crippen molar-refractivity contribution in [1.82, 2.24) is 9.97 Å². The Bertz CT molecular complexity index is 769. The molecule has 3 N–H and O–H groups in total. The third-order valence-corrected chi connectivity index (χ3v) is 2.70. The first-order valence-corrected chi connectivity index (χ1v) is 5.80. The predicted octanol–water partition coefficient (Wildman–Crippen LogP) is 2.68. The topological polar surface area (TPSA) is 81.2 Å². The van der Waals surface area contributed by atoms with Crippen molar-refractivity contribution < 1.29 is 9.50 Å². The molecular weight excluding hydrogens is 293 g/mol. The largest absolute Gasteiger partial charge is 0.494 e. The Morgan fingerprint density at radius 2 is 2.16 bits per heavy atom. The van der Waals surface area contributed by atoms with Crippen LogP contribution < -0.4 is 5.56 Å². The molecule has 0 amide bonds. The van der Waals surface area contributed by atoms with Crippen LogP contribution in [0.3, 0.4) is 0 Å². The van der Waals surface area contributed by atoms with Gasteiger partial charge in [0.15, 0.2) is 4.77 Å². The van der Waals surface area contributed by atoms with E-state index in [0.717, 1.165) is 12.3 Å². The second kappa shape index (κ2) is 5.33. The maximum atomic E-state index is 12.9. The van der Waals surface area contributed by atoms with Crippen molar-refractivity contribution in [3.05, 3.63) is 49.7 Å². The van der Waals surface area contributed by atoms with E-state index in [1.165, 1.54) is 12.1 Å². The molecule has 0 bridgehead atoms. The van der Waals surface area contributed by atoms with Gasteiger partial charge < -0.3 is 10.1 Å². The maximum Gasteiger partial charge on any atom is 0.264 e. The summed E-state index contributed by atoms with van der Waals surface area (Å²) in [6, 6.07) is 3.83. The molecule has 5 nitrogen and oxygen atoms in total. The van der Waals surface area contributed by atoms with Crippen LogP contribution in [0, 0.1) is 10.6 Å². The average Bonchev–Trinajstić information content (AvgIpc) is 2.32. The summed E-state index contributed by atoms with van der Waals surface area (Å²) in [5.41, 5.74) is -0.333. The number of rotatable bonds is 2. The second-order valence-electron chi connectivity index (χ2n) is 3.53. The van der Waals surface area contributed by atoms with Crippen molar-refractivity contribution in [2.45, 2.75) is 0 Å². The van der Waals surface area contributed by atoms with Crippen LogP contribution in [0.25, 0.3) is 0 Å². The van der Waals surface area contributed by atoms with Gasteiger partial charge in [-0.25, -0.2) is 4.39 Å². The van der Waals surface area contributed by atoms with Gasteiger partial charge in [0.2, 0.25) is 5.88 Å². The van der Waals surface area contributed by atoms with Crippen LogP contribution in [0.15, 0.2) is 28.0 Å². The lowest BCUT2D eigenvalue weighted by atomic mass is 10.3. The van der Waals surface area contributed by atoms with Crippen molar-refractivity contribution >= 4 is 35.7 Å². The van der Waals surface area contributed by atoms with Crippen molar-refractivity contribution in [1.29, 1.82) is 0 Å². The third-order valence-electron chi connectivity index (χ3n) is 2.20. The maximum absolute atomic E-state index is 12.9. The van der Waals surface area contributed by atoms with Gasteiger partial charge in [-0.05, 0) is 30.4 Å². The molecule has 0 fully saturated rings. The van der Waals surface area contributed by atoms with E-state index in [9.17, 15) is 14.3 Å². The fourth-order valence-corrected chi connectivity index (χ4v) is 1.67. The molecule has 0 unspecified atom stereocenters. The third kappa shape index (κ3) is 3.07. The van der Waals surface area contributed by atoms with Gasteiger partial charge in [-0.1, -0.05) is 11.6 Å². The van der Waals surface area contributed by atoms with E-state index >= 15 is 0 Å². The molecular formula is C11H7ClFN3O2S. The van der Waals surface area contributed by atoms with Crippen LogP contribution in [0.1, 0.15) is 5.56 Å². The van der Waals surface area contributed by atoms with Crippen molar-refractivity contribution in [2.75, 3.05) is 0 Å². The monoisotopic (exact) mass is 299 g/mol. The van der Waals surface area contributed by atoms with Crippen LogP contribution in [0.2, 0.25) is 5.02 Å². The Labute approximate surface area is 116 Å². The molecule has 0 saturated carbocycles. The number of aromatic amines is 2. The zero-order valence-electron chi connectivity index (χ0n) is 9.28. The number of aromatic nitrogens is 2. The first-order valence-electron chi connectivity index (χ1n) is 5.02. The van der Waals surface area contributed by atoms with Gasteiger partial charge >= 0.3 is 0 Å². The molecule has 0 atom stereocenters. The number of aliphatic imine (C=N–C) groups is 1. The Kier molecular flexibility index (Phi) is 3.77. The predicted molar refractivity (Wildman–Crippen MR) is 72.6 cm³/mol. The van der Waals surface area contributed by atoms with Crippen molar-refractivity contribution in [3.8, 4) is 5.88 Å². The summed E-state index contributed by atoms with van der Waals surface area (Å²) in [5, 5.41) is 9.45. The van der Waals surface area contributed by atoms with E-state index in [4.69, 9.17) is 11.6 Å². The smallest absolute Gasteiger partial charge is 0.264 e. The highest BCUT2D eigenvalue weighted by atomic mass is 35.5. The highest BCUT2D eigenvalue weighted by molar-refractivity contribution is 7.71. The number of benzene rings is 1. The molecule has 1 heterocycles. The number of hydrogen-bond acceptors (Lipinski definition) is 4. The molecule has 2 rings (SSSR count). The van der Waals surface area contributed by atoms with E-state index in [1.807, 2.05) is 0 Å². The summed E-state index contributed by atoms with van der Waals surface area (Å²) in [5.74, 6) is -0.962. The lowest BCUT2D eigenvalue weighted by Gasteiger charge is -1.98. The lowest BCUT2D eigenvalue weighted by molar-refractivity contribution is 0.449. The Morgan fingerprint density at radius 1 is 1.42 bits per heavy atom. The van der Waals surface area contributed by atoms with Gasteiger partial charge in [0, 0.05) is 6.21 Å². The van der Waals surface area contributed by atoms with Crippen LogP contribution in [0.4, 0.5) is 10.1 Å². The molecule has 2 aromatic rings. The first-order chi connectivity index (χ1) is 8.97. The quantitative estimate of drug-likeness (QED) is 0.589. The van der Waals surface area contributed by atoms with Gasteiger partial charge in [0.25, 0.3) is 5.56 Å². The Morgan fingerprint density at radius 3 is 2.79 bits per heavy atom. The van der Waals surface area contributed by atoms with Gasteiger partial charge in [-0.2, -0.15) is 0 Å². The minimum atomic E-state index is -0.585. The highest BCUT2D eigenvalue weighted by Gasteiger charge is 2.05. The SMILES string of the molecule is O=c1[nH]c(=S)[nH]c(O)c1C=Nc1ccc(F)c(Cl)c1. The van der Waals surface area contributed by atoms with Crippen molar-refractivity contribution in [2.24, 2.45) is 4.99 Å². The fraction of sp³-hybridized carbons (Fsp3) is 0. The number of halogens is 2. The van der Waals surface area contributed by atoms with E-state index < -0.39 is 17.3 Å². The van der Waals surface area contributed by atoms with E-state index in [1.54, 1.807) is 0 Å². The minimum Gasteiger partial charge on any atom is -0.494 e. The molecule has 1 aromatic heterocycles. The molecule has 0 radical (unpaired) electrons. The van der Waals surface area contributed by atoms with E-state index in [0.29, 0.717) is 5.69 Å². The van der Waals surface area contributed by atoms with Crippen molar-refractivity contribution in [3.63, 3.8) is 0 Å². The van der Waals surface area contributed by atoms with Gasteiger partial charge in [0.05, 0.1) is 10.7 Å². The van der Waals surface area contributed by atoms with Crippen LogP contribution >= 0.6 is 23.8 Å². The molecule has 19 heavy (non-hydrogen) atoms. The molecule has 0 aliphatic carbocycles. The zero-order valence-corrected chi connectivity index (χ0v) is 10.8. The average molecular weight is 300 g/mol. The summed E-state index contributed by atoms with van der Waals surface area (Å²) in [4.78, 5) is 20.1. The van der Waals surface area contributed by atoms with Crippen LogP contribution in [0.5, 0.6) is 5.88 Å². The van der Waals surface area contributed by atoms with Crippen LogP contribution in [-0.2, 0) is 0 Å². The normalized spacial score (nSPS) is 11.1. The summed E-state index contributed by atoms with van der Waals surface area (Å²) in [6.07, 6.45) is 1.13. The number of nitrogens with one attached hydrogen (secondary N) is 2.